The predicted octanol–water partition coefficient (Wildman–Crippen LogP) is 5.17. The minimum atomic E-state index is -0.568. The summed E-state index contributed by atoms with van der Waals surface area (Å²) in [4.78, 5) is 23.7. The zero-order valence-electron chi connectivity index (χ0n) is 23.6. The first-order valence-corrected chi connectivity index (χ1v) is 13.7. The molecule has 0 aliphatic heterocycles. The van der Waals surface area contributed by atoms with Gasteiger partial charge in [0.15, 0.2) is 6.10 Å². The van der Waals surface area contributed by atoms with Crippen molar-refractivity contribution in [3.05, 3.63) is 66.7 Å². The summed E-state index contributed by atoms with van der Waals surface area (Å²) >= 11 is 0. The molecule has 0 aliphatic carbocycles. The molecule has 0 aromatic heterocycles. The van der Waals surface area contributed by atoms with Gasteiger partial charge < -0.3 is 33.2 Å². The highest BCUT2D eigenvalue weighted by Crippen LogP contribution is 2.17. The van der Waals surface area contributed by atoms with Gasteiger partial charge in [-0.05, 0) is 69.5 Å². The average molecular weight is 559 g/mol. The van der Waals surface area contributed by atoms with Gasteiger partial charge in [-0.3, -0.25) is 4.79 Å². The van der Waals surface area contributed by atoms with E-state index in [0.29, 0.717) is 50.8 Å². The van der Waals surface area contributed by atoms with Crippen LogP contribution in [0.1, 0.15) is 39.5 Å². The molecule has 0 aliphatic rings. The van der Waals surface area contributed by atoms with Crippen LogP contribution in [0.4, 0.5) is 0 Å². The Hall–Kier alpha value is -3.56. The molecule has 9 nitrogen and oxygen atoms in total. The molecule has 0 spiro atoms. The summed E-state index contributed by atoms with van der Waals surface area (Å²) in [6.07, 6.45) is 1.54. The lowest BCUT2D eigenvalue weighted by atomic mass is 10.3. The Bertz CT molecular complexity index is 976. The minimum Gasteiger partial charge on any atom is -0.494 e. The molecular formula is C31H42O9. The van der Waals surface area contributed by atoms with Crippen LogP contribution in [0.2, 0.25) is 0 Å². The maximum Gasteiger partial charge on any atom is 0.333 e. The van der Waals surface area contributed by atoms with Gasteiger partial charge in [0, 0.05) is 25.2 Å². The van der Waals surface area contributed by atoms with Crippen molar-refractivity contribution in [2.24, 2.45) is 0 Å². The zero-order chi connectivity index (χ0) is 28.8. The second-order valence-electron chi connectivity index (χ2n) is 8.90. The molecule has 2 aromatic carbocycles. The molecule has 0 fully saturated rings. The lowest BCUT2D eigenvalue weighted by Gasteiger charge is -2.19. The number of carbonyl (C=O) groups is 2. The van der Waals surface area contributed by atoms with Crippen LogP contribution in [-0.2, 0) is 28.5 Å². The SMILES string of the molecule is C=C(C)C(=O)OCCCC(=O)OC(COCCCCOCCOc1ccc(OCC)cc1)COc1ccccc1. The first-order chi connectivity index (χ1) is 19.5. The van der Waals surface area contributed by atoms with Gasteiger partial charge in [-0.25, -0.2) is 4.79 Å². The maximum absolute atomic E-state index is 12.3. The Morgan fingerprint density at radius 1 is 0.725 bits per heavy atom. The van der Waals surface area contributed by atoms with E-state index >= 15 is 0 Å². The topological polar surface area (TPSA) is 98.8 Å². The van der Waals surface area contributed by atoms with Crippen LogP contribution < -0.4 is 14.2 Å². The molecule has 0 bridgehead atoms. The lowest BCUT2D eigenvalue weighted by molar-refractivity contribution is -0.155. The van der Waals surface area contributed by atoms with Gasteiger partial charge in [0.1, 0.15) is 30.5 Å². The molecular weight excluding hydrogens is 516 g/mol. The Morgan fingerprint density at radius 2 is 1.38 bits per heavy atom. The van der Waals surface area contributed by atoms with Gasteiger partial charge in [0.2, 0.25) is 0 Å². The highest BCUT2D eigenvalue weighted by Gasteiger charge is 2.16. The molecule has 0 saturated heterocycles. The van der Waals surface area contributed by atoms with Gasteiger partial charge in [-0.2, -0.15) is 0 Å². The fourth-order valence-electron chi connectivity index (χ4n) is 3.31. The second kappa shape index (κ2) is 20.4. The number of ether oxygens (including phenoxy) is 7. The number of esters is 2. The summed E-state index contributed by atoms with van der Waals surface area (Å²) in [5, 5.41) is 0. The molecule has 2 rings (SSSR count). The summed E-state index contributed by atoms with van der Waals surface area (Å²) in [6.45, 7) is 10.2. The molecule has 220 valence electrons. The molecule has 0 saturated carbocycles. The number of benzene rings is 2. The number of carbonyl (C=O) groups excluding carboxylic acids is 2. The van der Waals surface area contributed by atoms with E-state index in [9.17, 15) is 9.59 Å². The number of unbranched alkanes of at least 4 members (excludes halogenated alkanes) is 1. The Morgan fingerprint density at radius 3 is 2.05 bits per heavy atom. The number of rotatable bonds is 22. The third-order valence-electron chi connectivity index (χ3n) is 5.35. The fraction of sp³-hybridized carbons (Fsp3) is 0.484. The molecule has 40 heavy (non-hydrogen) atoms. The van der Waals surface area contributed by atoms with E-state index < -0.39 is 18.0 Å². The minimum absolute atomic E-state index is 0.116. The lowest BCUT2D eigenvalue weighted by Crippen LogP contribution is -2.30. The quantitative estimate of drug-likeness (QED) is 0.110. The van der Waals surface area contributed by atoms with E-state index in [-0.39, 0.29) is 26.2 Å². The Balaban J connectivity index is 1.58. The van der Waals surface area contributed by atoms with Crippen molar-refractivity contribution in [3.63, 3.8) is 0 Å². The van der Waals surface area contributed by atoms with Crippen molar-refractivity contribution in [2.45, 2.75) is 45.6 Å². The smallest absolute Gasteiger partial charge is 0.333 e. The second-order valence-corrected chi connectivity index (χ2v) is 8.90. The average Bonchev–Trinajstić information content (AvgIpc) is 2.96. The third-order valence-corrected chi connectivity index (χ3v) is 5.35. The van der Waals surface area contributed by atoms with E-state index in [1.165, 1.54) is 0 Å². The highest BCUT2D eigenvalue weighted by molar-refractivity contribution is 5.86. The third kappa shape index (κ3) is 15.1. The summed E-state index contributed by atoms with van der Waals surface area (Å²) in [7, 11) is 0. The molecule has 0 heterocycles. The first kappa shape index (κ1) is 32.7. The number of hydrogen-bond acceptors (Lipinski definition) is 9. The van der Waals surface area contributed by atoms with E-state index in [2.05, 4.69) is 6.58 Å². The van der Waals surface area contributed by atoms with Crippen molar-refractivity contribution in [1.82, 2.24) is 0 Å². The van der Waals surface area contributed by atoms with Gasteiger partial charge in [-0.1, -0.05) is 24.8 Å². The van der Waals surface area contributed by atoms with Crippen molar-refractivity contribution in [2.75, 3.05) is 52.9 Å². The van der Waals surface area contributed by atoms with Gasteiger partial charge in [0.25, 0.3) is 0 Å². The molecule has 1 unspecified atom stereocenters. The molecule has 9 heteroatoms. The summed E-state index contributed by atoms with van der Waals surface area (Å²) in [6, 6.07) is 16.8. The van der Waals surface area contributed by atoms with E-state index in [4.69, 9.17) is 33.2 Å². The number of para-hydroxylation sites is 1. The largest absolute Gasteiger partial charge is 0.494 e. The van der Waals surface area contributed by atoms with E-state index in [0.717, 1.165) is 24.3 Å². The maximum atomic E-state index is 12.3. The van der Waals surface area contributed by atoms with Crippen LogP contribution in [0.5, 0.6) is 17.2 Å². The normalized spacial score (nSPS) is 11.3. The molecule has 1 atom stereocenters. The van der Waals surface area contributed by atoms with Gasteiger partial charge in [0.05, 0.1) is 26.4 Å². The summed E-state index contributed by atoms with van der Waals surface area (Å²) < 4.78 is 38.8. The molecule has 0 N–H and O–H groups in total. The van der Waals surface area contributed by atoms with Crippen molar-refractivity contribution in [3.8, 4) is 17.2 Å². The first-order valence-electron chi connectivity index (χ1n) is 13.7. The Labute approximate surface area is 237 Å². The van der Waals surface area contributed by atoms with Crippen molar-refractivity contribution < 1.29 is 42.7 Å². The van der Waals surface area contributed by atoms with Crippen molar-refractivity contribution in [1.29, 1.82) is 0 Å². The van der Waals surface area contributed by atoms with E-state index in [1.54, 1.807) is 6.92 Å². The van der Waals surface area contributed by atoms with Crippen LogP contribution in [0.25, 0.3) is 0 Å². The van der Waals surface area contributed by atoms with Gasteiger partial charge in [-0.15, -0.1) is 0 Å². The monoisotopic (exact) mass is 558 g/mol. The van der Waals surface area contributed by atoms with Crippen LogP contribution in [-0.4, -0.2) is 70.9 Å². The number of hydrogen-bond donors (Lipinski definition) is 0. The zero-order valence-corrected chi connectivity index (χ0v) is 23.6. The summed E-state index contributed by atoms with van der Waals surface area (Å²) in [5.74, 6) is 1.40. The van der Waals surface area contributed by atoms with Gasteiger partial charge >= 0.3 is 11.9 Å². The Kier molecular flexibility index (Phi) is 16.6. The summed E-state index contributed by atoms with van der Waals surface area (Å²) in [5.41, 5.74) is 0.318. The van der Waals surface area contributed by atoms with E-state index in [1.807, 2.05) is 61.5 Å². The predicted molar refractivity (Wildman–Crippen MR) is 151 cm³/mol. The fourth-order valence-corrected chi connectivity index (χ4v) is 3.31. The van der Waals surface area contributed by atoms with Crippen LogP contribution in [0, 0.1) is 0 Å². The molecule has 0 amide bonds. The van der Waals surface area contributed by atoms with Crippen molar-refractivity contribution >= 4 is 11.9 Å². The molecule has 2 aromatic rings. The molecule has 0 radical (unpaired) electrons. The standard InChI is InChI=1S/C31H42O9/c1-4-36-27-14-16-28(17-15-27)37-22-21-34-18-8-9-19-35-23-29(24-39-26-11-6-5-7-12-26)40-30(32)13-10-20-38-31(33)25(2)3/h5-7,11-12,14-17,29H,2,4,8-10,13,18-24H2,1,3H3. The van der Waals surface area contributed by atoms with Crippen LogP contribution in [0.15, 0.2) is 66.7 Å². The highest BCUT2D eigenvalue weighted by atomic mass is 16.6. The van der Waals surface area contributed by atoms with Crippen LogP contribution >= 0.6 is 0 Å². The van der Waals surface area contributed by atoms with Crippen LogP contribution in [0.3, 0.4) is 0 Å².